The molecule has 16 heavy (non-hydrogen) atoms. The molecule has 0 spiro atoms. The Morgan fingerprint density at radius 2 is 2.06 bits per heavy atom. The second-order valence-corrected chi connectivity index (χ2v) is 6.15. The zero-order valence-corrected chi connectivity index (χ0v) is 13.5. The van der Waals surface area contributed by atoms with Gasteiger partial charge in [-0.2, -0.15) is 5.10 Å². The summed E-state index contributed by atoms with van der Waals surface area (Å²) in [4.78, 5) is 0. The molecule has 0 aliphatic rings. The van der Waals surface area contributed by atoms with E-state index in [0.29, 0.717) is 12.4 Å². The van der Waals surface area contributed by atoms with Crippen molar-refractivity contribution in [1.29, 1.82) is 0 Å². The molecule has 0 radical (unpaired) electrons. The lowest BCUT2D eigenvalue weighted by molar-refractivity contribution is 0.696. The van der Waals surface area contributed by atoms with Crippen LogP contribution in [-0.4, -0.2) is 9.78 Å². The first-order valence-electron chi connectivity index (χ1n) is 4.48. The Labute approximate surface area is 124 Å². The summed E-state index contributed by atoms with van der Waals surface area (Å²) in [5, 5.41) is 4.22. The van der Waals surface area contributed by atoms with Gasteiger partial charge in [-0.25, -0.2) is 4.68 Å². The molecule has 84 valence electrons. The molecule has 2 rings (SSSR count). The zero-order chi connectivity index (χ0) is 11.7. The van der Waals surface area contributed by atoms with Gasteiger partial charge in [0.25, 0.3) is 0 Å². The third-order valence-electron chi connectivity index (χ3n) is 2.15. The number of aromatic nitrogens is 2. The standard InChI is InChI=1S/C10H8Br2IN3/c11-7-2-1-6(3-8(7)12)5-16-10(14)9(13)4-15-16/h1-4H,5,14H2. The van der Waals surface area contributed by atoms with Crippen LogP contribution in [0.2, 0.25) is 0 Å². The van der Waals surface area contributed by atoms with Crippen molar-refractivity contribution in [3.8, 4) is 0 Å². The first-order chi connectivity index (χ1) is 7.58. The van der Waals surface area contributed by atoms with Gasteiger partial charge in [-0.15, -0.1) is 0 Å². The number of hydrogen-bond acceptors (Lipinski definition) is 2. The number of nitrogen functional groups attached to an aromatic ring is 1. The fourth-order valence-electron chi connectivity index (χ4n) is 1.31. The van der Waals surface area contributed by atoms with Crippen molar-refractivity contribution < 1.29 is 0 Å². The Kier molecular flexibility index (Phi) is 3.91. The lowest BCUT2D eigenvalue weighted by Crippen LogP contribution is -2.06. The van der Waals surface area contributed by atoms with E-state index in [1.807, 2.05) is 12.1 Å². The lowest BCUT2D eigenvalue weighted by atomic mass is 10.2. The highest BCUT2D eigenvalue weighted by Gasteiger charge is 2.06. The van der Waals surface area contributed by atoms with E-state index < -0.39 is 0 Å². The number of nitrogens with two attached hydrogens (primary N) is 1. The molecule has 3 nitrogen and oxygen atoms in total. The average molecular weight is 457 g/mol. The maximum absolute atomic E-state index is 5.89. The topological polar surface area (TPSA) is 43.8 Å². The van der Waals surface area contributed by atoms with Gasteiger partial charge in [0.2, 0.25) is 0 Å². The second-order valence-electron chi connectivity index (χ2n) is 3.28. The first-order valence-corrected chi connectivity index (χ1v) is 7.15. The van der Waals surface area contributed by atoms with Crippen molar-refractivity contribution >= 4 is 60.3 Å². The van der Waals surface area contributed by atoms with E-state index >= 15 is 0 Å². The lowest BCUT2D eigenvalue weighted by Gasteiger charge is -2.05. The van der Waals surface area contributed by atoms with E-state index in [1.54, 1.807) is 10.9 Å². The molecule has 1 heterocycles. The maximum atomic E-state index is 5.89. The summed E-state index contributed by atoms with van der Waals surface area (Å²) in [6.45, 7) is 0.681. The van der Waals surface area contributed by atoms with Crippen molar-refractivity contribution in [2.24, 2.45) is 0 Å². The van der Waals surface area contributed by atoms with Gasteiger partial charge in [-0.05, 0) is 72.1 Å². The van der Waals surface area contributed by atoms with Crippen LogP contribution in [-0.2, 0) is 6.54 Å². The second kappa shape index (κ2) is 5.05. The van der Waals surface area contributed by atoms with Crippen molar-refractivity contribution in [2.75, 3.05) is 5.73 Å². The van der Waals surface area contributed by atoms with E-state index in [0.717, 1.165) is 18.1 Å². The molecular weight excluding hydrogens is 449 g/mol. The zero-order valence-electron chi connectivity index (χ0n) is 8.12. The van der Waals surface area contributed by atoms with Gasteiger partial charge in [0.05, 0.1) is 16.3 Å². The Balaban J connectivity index is 2.27. The predicted octanol–water partition coefficient (Wildman–Crippen LogP) is 3.64. The maximum Gasteiger partial charge on any atom is 0.135 e. The van der Waals surface area contributed by atoms with Gasteiger partial charge in [-0.1, -0.05) is 6.07 Å². The molecular formula is C10H8Br2IN3. The summed E-state index contributed by atoms with van der Waals surface area (Å²) in [5.41, 5.74) is 7.04. The van der Waals surface area contributed by atoms with E-state index in [9.17, 15) is 0 Å². The molecule has 1 aromatic heterocycles. The minimum atomic E-state index is 0.681. The molecule has 0 saturated carbocycles. The number of halogens is 3. The summed E-state index contributed by atoms with van der Waals surface area (Å²) in [7, 11) is 0. The quantitative estimate of drug-likeness (QED) is 0.701. The monoisotopic (exact) mass is 455 g/mol. The predicted molar refractivity (Wildman–Crippen MR) is 80.3 cm³/mol. The minimum Gasteiger partial charge on any atom is -0.383 e. The van der Waals surface area contributed by atoms with Crippen molar-refractivity contribution in [1.82, 2.24) is 9.78 Å². The van der Waals surface area contributed by atoms with Gasteiger partial charge in [0.1, 0.15) is 5.82 Å². The molecule has 6 heteroatoms. The molecule has 0 amide bonds. The van der Waals surface area contributed by atoms with Crippen LogP contribution < -0.4 is 5.73 Å². The van der Waals surface area contributed by atoms with E-state index in [2.05, 4.69) is 65.6 Å². The van der Waals surface area contributed by atoms with E-state index in [4.69, 9.17) is 5.73 Å². The van der Waals surface area contributed by atoms with Crippen LogP contribution in [0, 0.1) is 3.57 Å². The van der Waals surface area contributed by atoms with Gasteiger partial charge in [0, 0.05) is 8.95 Å². The van der Waals surface area contributed by atoms with Crippen LogP contribution in [0.15, 0.2) is 33.3 Å². The number of anilines is 1. The molecule has 0 saturated heterocycles. The first kappa shape index (κ1) is 12.4. The average Bonchev–Trinajstić information content (AvgIpc) is 2.55. The van der Waals surface area contributed by atoms with Gasteiger partial charge in [-0.3, -0.25) is 0 Å². The van der Waals surface area contributed by atoms with Crippen LogP contribution >= 0.6 is 54.5 Å². The van der Waals surface area contributed by atoms with Crippen LogP contribution in [0.3, 0.4) is 0 Å². The van der Waals surface area contributed by atoms with Crippen LogP contribution in [0.4, 0.5) is 5.82 Å². The molecule has 0 aliphatic carbocycles. The fraction of sp³-hybridized carbons (Fsp3) is 0.100. The summed E-state index contributed by atoms with van der Waals surface area (Å²) in [5.74, 6) is 0.708. The van der Waals surface area contributed by atoms with E-state index in [1.165, 1.54) is 0 Å². The summed E-state index contributed by atoms with van der Waals surface area (Å²) in [6, 6.07) is 6.10. The fourth-order valence-corrected chi connectivity index (χ4v) is 2.38. The molecule has 0 aliphatic heterocycles. The number of benzene rings is 1. The SMILES string of the molecule is Nc1c(I)cnn1Cc1ccc(Br)c(Br)c1. The Morgan fingerprint density at radius 1 is 1.31 bits per heavy atom. The highest BCUT2D eigenvalue weighted by molar-refractivity contribution is 14.1. The number of nitrogens with zero attached hydrogens (tertiary/aromatic N) is 2. The van der Waals surface area contributed by atoms with Crippen LogP contribution in [0.5, 0.6) is 0 Å². The van der Waals surface area contributed by atoms with Crippen molar-refractivity contribution in [3.05, 3.63) is 42.5 Å². The summed E-state index contributed by atoms with van der Waals surface area (Å²) < 4.78 is 4.84. The van der Waals surface area contributed by atoms with Crippen LogP contribution in [0.1, 0.15) is 5.56 Å². The Morgan fingerprint density at radius 3 is 2.62 bits per heavy atom. The molecule has 0 fully saturated rings. The molecule has 0 bridgehead atoms. The molecule has 0 atom stereocenters. The molecule has 2 N–H and O–H groups in total. The number of hydrogen-bond donors (Lipinski definition) is 1. The summed E-state index contributed by atoms with van der Waals surface area (Å²) >= 11 is 9.09. The molecule has 0 unspecified atom stereocenters. The van der Waals surface area contributed by atoms with Gasteiger partial charge in [0.15, 0.2) is 0 Å². The third kappa shape index (κ3) is 2.60. The van der Waals surface area contributed by atoms with Crippen LogP contribution in [0.25, 0.3) is 0 Å². The van der Waals surface area contributed by atoms with Gasteiger partial charge >= 0.3 is 0 Å². The summed E-state index contributed by atoms with van der Waals surface area (Å²) in [6.07, 6.45) is 1.77. The Hall–Kier alpha value is -0.0800. The minimum absolute atomic E-state index is 0.681. The highest BCUT2D eigenvalue weighted by Crippen LogP contribution is 2.24. The van der Waals surface area contributed by atoms with Crippen molar-refractivity contribution in [3.63, 3.8) is 0 Å². The highest BCUT2D eigenvalue weighted by atomic mass is 127. The Bertz CT molecular complexity index is 525. The smallest absolute Gasteiger partial charge is 0.135 e. The third-order valence-corrected chi connectivity index (χ3v) is 4.86. The van der Waals surface area contributed by atoms with E-state index in [-0.39, 0.29) is 0 Å². The normalized spacial score (nSPS) is 10.7. The molecule has 2 aromatic rings. The number of rotatable bonds is 2. The van der Waals surface area contributed by atoms with Crippen molar-refractivity contribution in [2.45, 2.75) is 6.54 Å². The van der Waals surface area contributed by atoms with Gasteiger partial charge < -0.3 is 5.73 Å². The molecule has 1 aromatic carbocycles. The largest absolute Gasteiger partial charge is 0.383 e.